The van der Waals surface area contributed by atoms with Gasteiger partial charge in [0.25, 0.3) is 0 Å². The number of ether oxygens (including phenoxy) is 1. The maximum atomic E-state index is 12.6. The Morgan fingerprint density at radius 2 is 2.07 bits per heavy atom. The number of aromatic nitrogens is 2. The zero-order chi connectivity index (χ0) is 19.0. The molecular weight excluding hydrogens is 342 g/mol. The molecule has 7 heteroatoms. The van der Waals surface area contributed by atoms with E-state index in [1.54, 1.807) is 11.8 Å². The molecule has 1 fully saturated rings. The van der Waals surface area contributed by atoms with Gasteiger partial charge in [-0.3, -0.25) is 10.00 Å². The molecule has 1 N–H and O–H groups in total. The molecule has 27 heavy (non-hydrogen) atoms. The number of carbonyl (C=O) groups is 1. The highest BCUT2D eigenvalue weighted by Crippen LogP contribution is 2.41. The van der Waals surface area contributed by atoms with Crippen molar-refractivity contribution >= 4 is 17.6 Å². The van der Waals surface area contributed by atoms with Crippen LogP contribution >= 0.6 is 0 Å². The van der Waals surface area contributed by atoms with Crippen molar-refractivity contribution in [2.45, 2.75) is 26.2 Å². The van der Waals surface area contributed by atoms with Crippen molar-refractivity contribution in [1.29, 1.82) is 0 Å². The molecule has 1 aromatic heterocycles. The second kappa shape index (κ2) is 7.06. The molecule has 7 nitrogen and oxygen atoms in total. The van der Waals surface area contributed by atoms with Crippen molar-refractivity contribution in [2.24, 2.45) is 18.0 Å². The van der Waals surface area contributed by atoms with Crippen molar-refractivity contribution in [1.82, 2.24) is 20.0 Å². The van der Waals surface area contributed by atoms with Gasteiger partial charge in [-0.25, -0.2) is 9.79 Å². The van der Waals surface area contributed by atoms with Crippen LogP contribution in [0.25, 0.3) is 11.1 Å². The summed E-state index contributed by atoms with van der Waals surface area (Å²) in [5, 5.41) is 7.26. The number of piperidine rings is 1. The molecule has 3 heterocycles. The van der Waals surface area contributed by atoms with E-state index in [0.717, 1.165) is 54.1 Å². The van der Waals surface area contributed by atoms with E-state index in [2.05, 4.69) is 17.3 Å². The molecule has 2 amide bonds. The number of aryl methyl sites for hydroxylation is 1. The number of amides is 2. The van der Waals surface area contributed by atoms with E-state index in [4.69, 9.17) is 9.73 Å². The largest absolute Gasteiger partial charge is 0.496 e. The number of hydrogen-bond donors (Lipinski definition) is 1. The van der Waals surface area contributed by atoms with Crippen LogP contribution in [0, 0.1) is 5.92 Å². The molecule has 0 bridgehead atoms. The van der Waals surface area contributed by atoms with Gasteiger partial charge in [0.1, 0.15) is 11.6 Å². The summed E-state index contributed by atoms with van der Waals surface area (Å²) >= 11 is 0. The summed E-state index contributed by atoms with van der Waals surface area (Å²) < 4.78 is 7.29. The van der Waals surface area contributed by atoms with Crippen LogP contribution in [0.5, 0.6) is 5.75 Å². The molecule has 2 aliphatic rings. The first-order chi connectivity index (χ1) is 13.0. The minimum Gasteiger partial charge on any atom is -0.496 e. The van der Waals surface area contributed by atoms with Crippen molar-refractivity contribution in [3.63, 3.8) is 0 Å². The lowest BCUT2D eigenvalue weighted by molar-refractivity contribution is 0.178. The minimum atomic E-state index is -0.0599. The highest BCUT2D eigenvalue weighted by atomic mass is 16.5. The van der Waals surface area contributed by atoms with Gasteiger partial charge in [0.05, 0.1) is 19.0 Å². The van der Waals surface area contributed by atoms with Crippen molar-refractivity contribution in [2.75, 3.05) is 20.2 Å². The number of fused-ring (bicyclic) bond motifs is 1. The lowest BCUT2D eigenvalue weighted by atomic mass is 10.00. The monoisotopic (exact) mass is 367 g/mol. The van der Waals surface area contributed by atoms with Crippen LogP contribution in [0.1, 0.15) is 25.3 Å². The summed E-state index contributed by atoms with van der Waals surface area (Å²) in [7, 11) is 3.55. The first kappa shape index (κ1) is 17.6. The Bertz CT molecular complexity index is 894. The second-order valence-electron chi connectivity index (χ2n) is 7.38. The van der Waals surface area contributed by atoms with Gasteiger partial charge in [-0.2, -0.15) is 5.10 Å². The number of nitrogens with one attached hydrogen (secondary N) is 1. The number of aliphatic imine (C=N–C) groups is 1. The van der Waals surface area contributed by atoms with Crippen LogP contribution in [0.15, 0.2) is 29.5 Å². The fourth-order valence-corrected chi connectivity index (χ4v) is 3.73. The third-order valence-corrected chi connectivity index (χ3v) is 5.39. The first-order valence-corrected chi connectivity index (χ1v) is 9.37. The Balaban J connectivity index is 1.58. The predicted molar refractivity (Wildman–Crippen MR) is 104 cm³/mol. The van der Waals surface area contributed by atoms with Gasteiger partial charge in [-0.1, -0.05) is 6.92 Å². The number of likely N-dealkylation sites (tertiary alicyclic amines) is 1. The normalized spacial score (nSPS) is 16.9. The summed E-state index contributed by atoms with van der Waals surface area (Å²) in [6, 6.07) is 3.89. The van der Waals surface area contributed by atoms with Crippen LogP contribution in [0.2, 0.25) is 0 Å². The average molecular weight is 367 g/mol. The number of amidine groups is 1. The second-order valence-corrected chi connectivity index (χ2v) is 7.38. The summed E-state index contributed by atoms with van der Waals surface area (Å²) in [5.41, 5.74) is 3.85. The van der Waals surface area contributed by atoms with E-state index in [-0.39, 0.29) is 6.03 Å². The molecule has 0 unspecified atom stereocenters. The third-order valence-electron chi connectivity index (χ3n) is 5.39. The Morgan fingerprint density at radius 3 is 2.74 bits per heavy atom. The molecule has 1 aromatic carbocycles. The van der Waals surface area contributed by atoms with E-state index in [0.29, 0.717) is 18.2 Å². The Kier molecular flexibility index (Phi) is 4.59. The predicted octanol–water partition coefficient (Wildman–Crippen LogP) is 3.12. The van der Waals surface area contributed by atoms with E-state index < -0.39 is 0 Å². The molecular formula is C20H25N5O2. The fraction of sp³-hybridized carbons (Fsp3) is 0.450. The Labute approximate surface area is 159 Å². The van der Waals surface area contributed by atoms with Crippen LogP contribution < -0.4 is 10.1 Å². The number of benzene rings is 1. The molecule has 0 saturated carbocycles. The van der Waals surface area contributed by atoms with Gasteiger partial charge in [0.15, 0.2) is 0 Å². The maximum absolute atomic E-state index is 12.6. The van der Waals surface area contributed by atoms with E-state index in [9.17, 15) is 4.79 Å². The lowest BCUT2D eigenvalue weighted by Crippen LogP contribution is -2.46. The lowest BCUT2D eigenvalue weighted by Gasteiger charge is -2.30. The molecule has 4 rings (SSSR count). The highest BCUT2D eigenvalue weighted by molar-refractivity contribution is 6.04. The van der Waals surface area contributed by atoms with Gasteiger partial charge in [-0.15, -0.1) is 0 Å². The Morgan fingerprint density at radius 1 is 1.30 bits per heavy atom. The molecule has 1 saturated heterocycles. The zero-order valence-corrected chi connectivity index (χ0v) is 16.0. The zero-order valence-electron chi connectivity index (χ0n) is 16.0. The summed E-state index contributed by atoms with van der Waals surface area (Å²) in [6.07, 6.45) is 6.45. The quantitative estimate of drug-likeness (QED) is 0.886. The van der Waals surface area contributed by atoms with Crippen LogP contribution in [0.3, 0.4) is 0 Å². The third kappa shape index (κ3) is 3.41. The molecule has 2 aliphatic heterocycles. The number of urea groups is 1. The number of hydrogen-bond acceptors (Lipinski definition) is 4. The number of carbonyl (C=O) groups excluding carboxylic acids is 1. The molecule has 2 aromatic rings. The van der Waals surface area contributed by atoms with Crippen molar-refractivity contribution < 1.29 is 9.53 Å². The fourth-order valence-electron chi connectivity index (χ4n) is 3.73. The van der Waals surface area contributed by atoms with Crippen molar-refractivity contribution in [3.05, 3.63) is 30.1 Å². The highest BCUT2D eigenvalue weighted by Gasteiger charge is 2.26. The van der Waals surface area contributed by atoms with E-state index >= 15 is 0 Å². The van der Waals surface area contributed by atoms with Gasteiger partial charge in [0, 0.05) is 49.4 Å². The molecule has 0 spiro atoms. The SMILES string of the molecule is COc1ccc(-c2cnn(C)c2)c2c1CC(NC(=O)N1CCC(C)CC1)=N2. The number of nitrogens with zero attached hydrogens (tertiary/aromatic N) is 4. The smallest absolute Gasteiger partial charge is 0.322 e. The van der Waals surface area contributed by atoms with Crippen LogP contribution in [-0.4, -0.2) is 46.7 Å². The molecule has 142 valence electrons. The molecule has 0 atom stereocenters. The molecule has 0 radical (unpaired) electrons. The number of rotatable bonds is 2. The van der Waals surface area contributed by atoms with E-state index in [1.165, 1.54) is 0 Å². The summed E-state index contributed by atoms with van der Waals surface area (Å²) in [4.78, 5) is 19.2. The van der Waals surface area contributed by atoms with Crippen molar-refractivity contribution in [3.8, 4) is 16.9 Å². The van der Waals surface area contributed by atoms with Gasteiger partial charge in [0.2, 0.25) is 0 Å². The van der Waals surface area contributed by atoms with Gasteiger partial charge < -0.3 is 9.64 Å². The first-order valence-electron chi connectivity index (χ1n) is 9.37. The van der Waals surface area contributed by atoms with Gasteiger partial charge >= 0.3 is 6.03 Å². The maximum Gasteiger partial charge on any atom is 0.322 e. The molecule has 0 aliphatic carbocycles. The van der Waals surface area contributed by atoms with Crippen LogP contribution in [-0.2, 0) is 13.5 Å². The van der Waals surface area contributed by atoms with Gasteiger partial charge in [-0.05, 0) is 30.9 Å². The average Bonchev–Trinajstić information content (AvgIpc) is 3.27. The summed E-state index contributed by atoms with van der Waals surface area (Å²) in [6.45, 7) is 3.84. The van der Waals surface area contributed by atoms with Crippen LogP contribution in [0.4, 0.5) is 10.5 Å². The minimum absolute atomic E-state index is 0.0599. The van der Waals surface area contributed by atoms with E-state index in [1.807, 2.05) is 36.5 Å². The summed E-state index contributed by atoms with van der Waals surface area (Å²) in [5.74, 6) is 2.15. The standard InChI is InChI=1S/C20H25N5O2/c1-13-6-8-25(9-7-13)20(26)23-18-10-16-17(27-3)5-4-15(19(16)22-18)14-11-21-24(2)12-14/h4-5,11-13H,6-10H2,1-3H3,(H,22,23,26). The number of methoxy groups -OCH3 is 1. The Hall–Kier alpha value is -2.83. The topological polar surface area (TPSA) is 71.8 Å².